The molecule has 3 nitrogen and oxygen atoms in total. The van der Waals surface area contributed by atoms with E-state index < -0.39 is 0 Å². The zero-order chi connectivity index (χ0) is 37.0. The van der Waals surface area contributed by atoms with Crippen molar-refractivity contribution in [3.63, 3.8) is 0 Å². The predicted octanol–water partition coefficient (Wildman–Crippen LogP) is 13.6. The van der Waals surface area contributed by atoms with Crippen molar-refractivity contribution < 1.29 is 0 Å². The van der Waals surface area contributed by atoms with Crippen LogP contribution in [0.4, 0.5) is 0 Å². The summed E-state index contributed by atoms with van der Waals surface area (Å²) in [7, 11) is 0. The second-order valence-corrected chi connectivity index (χ2v) is 15.4. The van der Waals surface area contributed by atoms with Crippen LogP contribution in [0.3, 0.4) is 0 Å². The van der Waals surface area contributed by atoms with Crippen molar-refractivity contribution in [3.05, 3.63) is 217 Å². The molecular formula is C52H35N3S. The molecule has 8 aromatic carbocycles. The second kappa shape index (κ2) is 13.4. The van der Waals surface area contributed by atoms with Crippen molar-refractivity contribution in [3.8, 4) is 27.9 Å². The Morgan fingerprint density at radius 3 is 1.89 bits per heavy atom. The van der Waals surface area contributed by atoms with Crippen LogP contribution in [0.1, 0.15) is 22.7 Å². The van der Waals surface area contributed by atoms with Gasteiger partial charge in [-0.15, -0.1) is 11.3 Å². The van der Waals surface area contributed by atoms with E-state index in [1.165, 1.54) is 70.0 Å². The fourth-order valence-electron chi connectivity index (χ4n) is 8.38. The van der Waals surface area contributed by atoms with E-state index in [0.717, 1.165) is 28.2 Å². The lowest BCUT2D eigenvalue weighted by Gasteiger charge is -2.24. The van der Waals surface area contributed by atoms with E-state index in [9.17, 15) is 0 Å². The zero-order valence-electron chi connectivity index (χ0n) is 30.4. The van der Waals surface area contributed by atoms with Gasteiger partial charge >= 0.3 is 0 Å². The molecule has 0 spiro atoms. The highest BCUT2D eigenvalue weighted by Gasteiger charge is 2.22. The van der Waals surface area contributed by atoms with Crippen molar-refractivity contribution in [2.24, 2.45) is 4.99 Å². The fourth-order valence-corrected chi connectivity index (χ4v) is 9.72. The molecule has 4 heteroatoms. The third kappa shape index (κ3) is 5.45. The number of aromatic nitrogens is 1. The average Bonchev–Trinajstić information content (AvgIpc) is 3.83. The van der Waals surface area contributed by atoms with Gasteiger partial charge in [-0.25, -0.2) is 4.99 Å². The minimum Gasteiger partial charge on any atom is -0.359 e. The first-order valence-electron chi connectivity index (χ1n) is 19.1. The third-order valence-electron chi connectivity index (χ3n) is 11.0. The number of benzene rings is 8. The summed E-state index contributed by atoms with van der Waals surface area (Å²) in [6, 6.07) is 69.8. The maximum Gasteiger partial charge on any atom is 0.134 e. The fraction of sp³-hybridized carbons (Fsp3) is 0.0192. The maximum atomic E-state index is 5.26. The third-order valence-corrected chi connectivity index (χ3v) is 12.3. The highest BCUT2D eigenvalue weighted by Crippen LogP contribution is 2.45. The number of fused-ring (bicyclic) bond motifs is 6. The normalized spacial score (nSPS) is 14.2. The molecule has 1 unspecified atom stereocenters. The summed E-state index contributed by atoms with van der Waals surface area (Å²) in [4.78, 5) is 5.26. The lowest BCUT2D eigenvalue weighted by atomic mass is 9.98. The Morgan fingerprint density at radius 1 is 0.446 bits per heavy atom. The van der Waals surface area contributed by atoms with Crippen molar-refractivity contribution in [1.82, 2.24) is 9.88 Å². The molecule has 264 valence electrons. The minimum absolute atomic E-state index is 0.0182. The van der Waals surface area contributed by atoms with Crippen LogP contribution in [-0.4, -0.2) is 10.4 Å². The topological polar surface area (TPSA) is 29.3 Å². The molecule has 11 rings (SSSR count). The summed E-state index contributed by atoms with van der Waals surface area (Å²) in [5, 5.41) is 8.73. The number of rotatable bonds is 6. The summed E-state index contributed by atoms with van der Waals surface area (Å²) in [5.74, 6) is 0.873. The van der Waals surface area contributed by atoms with Crippen LogP contribution < -0.4 is 5.32 Å². The van der Waals surface area contributed by atoms with Crippen molar-refractivity contribution >= 4 is 64.8 Å². The van der Waals surface area contributed by atoms with Gasteiger partial charge < -0.3 is 9.88 Å². The minimum atomic E-state index is -0.0182. The maximum absolute atomic E-state index is 5.26. The molecule has 56 heavy (non-hydrogen) atoms. The van der Waals surface area contributed by atoms with E-state index in [0.29, 0.717) is 0 Å². The highest BCUT2D eigenvalue weighted by molar-refractivity contribution is 7.26. The van der Waals surface area contributed by atoms with Crippen LogP contribution >= 0.6 is 11.3 Å². The molecule has 0 radical (unpaired) electrons. The van der Waals surface area contributed by atoms with E-state index >= 15 is 0 Å². The standard InChI is InChI=1S/C52H35N3S/c1-4-15-34(16-5-1)37-21-12-22-38(31-37)40-24-13-25-43-44-26-14-28-48(51(44)56-50(40)43)55-47-27-11-10-23-41(47)42-30-29-39(32-49(42)55)46-33-45(35-17-6-2-7-18-35)53-52(54-46)36-19-8-3-9-20-36/h1-33,45H,(H,53,54). The number of para-hydroxylation sites is 1. The molecule has 1 atom stereocenters. The lowest BCUT2D eigenvalue weighted by molar-refractivity contribution is 0.781. The summed E-state index contributed by atoms with van der Waals surface area (Å²) >= 11 is 1.89. The molecule has 3 heterocycles. The Labute approximate surface area is 329 Å². The Bertz CT molecular complexity index is 3150. The predicted molar refractivity (Wildman–Crippen MR) is 238 cm³/mol. The summed E-state index contributed by atoms with van der Waals surface area (Å²) in [6.45, 7) is 0. The van der Waals surface area contributed by atoms with Gasteiger partial charge in [-0.1, -0.05) is 170 Å². The van der Waals surface area contributed by atoms with Gasteiger partial charge in [-0.3, -0.25) is 0 Å². The van der Waals surface area contributed by atoms with E-state index in [4.69, 9.17) is 4.99 Å². The van der Waals surface area contributed by atoms with Crippen LogP contribution in [0.15, 0.2) is 205 Å². The van der Waals surface area contributed by atoms with Crippen LogP contribution in [0.2, 0.25) is 0 Å². The molecule has 0 amide bonds. The number of aliphatic imine (C=N–C) groups is 1. The number of thiophene rings is 1. The SMILES string of the molecule is C1=C(c2ccc3c4ccccc4n(-c4cccc5c4sc4c(-c6cccc(-c7ccccc7)c6)cccc45)c3c2)N=C(c2ccccc2)NC1c1ccccc1. The molecule has 2 aromatic heterocycles. The molecule has 10 aromatic rings. The highest BCUT2D eigenvalue weighted by atomic mass is 32.1. The van der Waals surface area contributed by atoms with Gasteiger partial charge in [0.25, 0.3) is 0 Å². The average molecular weight is 734 g/mol. The summed E-state index contributed by atoms with van der Waals surface area (Å²) in [5.41, 5.74) is 12.8. The number of nitrogens with one attached hydrogen (secondary N) is 1. The quantitative estimate of drug-likeness (QED) is 0.181. The monoisotopic (exact) mass is 733 g/mol. The van der Waals surface area contributed by atoms with Crippen molar-refractivity contribution in [2.75, 3.05) is 0 Å². The van der Waals surface area contributed by atoms with Crippen molar-refractivity contribution in [1.29, 1.82) is 0 Å². The first-order valence-corrected chi connectivity index (χ1v) is 19.9. The zero-order valence-corrected chi connectivity index (χ0v) is 31.2. The lowest BCUT2D eigenvalue weighted by Crippen LogP contribution is -2.31. The Kier molecular flexibility index (Phi) is 7.75. The van der Waals surface area contributed by atoms with Crippen LogP contribution in [0.25, 0.3) is 75.6 Å². The van der Waals surface area contributed by atoms with Gasteiger partial charge in [0.15, 0.2) is 0 Å². The number of amidine groups is 1. The van der Waals surface area contributed by atoms with Gasteiger partial charge in [0.1, 0.15) is 5.84 Å². The van der Waals surface area contributed by atoms with Crippen LogP contribution in [0.5, 0.6) is 0 Å². The van der Waals surface area contributed by atoms with E-state index in [1.807, 2.05) is 17.4 Å². The van der Waals surface area contributed by atoms with E-state index in [-0.39, 0.29) is 6.04 Å². The van der Waals surface area contributed by atoms with Gasteiger partial charge in [0.05, 0.1) is 33.2 Å². The molecule has 0 saturated carbocycles. The van der Waals surface area contributed by atoms with E-state index in [1.54, 1.807) is 0 Å². The number of nitrogens with zero attached hydrogens (tertiary/aromatic N) is 2. The Balaban J connectivity index is 1.10. The smallest absolute Gasteiger partial charge is 0.134 e. The summed E-state index contributed by atoms with van der Waals surface area (Å²) in [6.07, 6.45) is 2.26. The van der Waals surface area contributed by atoms with Crippen molar-refractivity contribution in [2.45, 2.75) is 6.04 Å². The first-order chi connectivity index (χ1) is 27.8. The Hall–Kier alpha value is -7.01. The second-order valence-electron chi connectivity index (χ2n) is 14.4. The van der Waals surface area contributed by atoms with Gasteiger partial charge in [-0.05, 0) is 58.2 Å². The van der Waals surface area contributed by atoms with Crippen LogP contribution in [0, 0.1) is 0 Å². The largest absolute Gasteiger partial charge is 0.359 e. The summed E-state index contributed by atoms with van der Waals surface area (Å²) < 4.78 is 5.05. The van der Waals surface area contributed by atoms with E-state index in [2.05, 4.69) is 204 Å². The first kappa shape index (κ1) is 32.4. The number of hydrogen-bond donors (Lipinski definition) is 1. The molecular weight excluding hydrogens is 699 g/mol. The molecule has 1 aliphatic rings. The van der Waals surface area contributed by atoms with Gasteiger partial charge in [0, 0.05) is 37.4 Å². The molecule has 0 fully saturated rings. The Morgan fingerprint density at radius 2 is 1.07 bits per heavy atom. The molecule has 1 N–H and O–H groups in total. The molecule has 0 saturated heterocycles. The number of hydrogen-bond acceptors (Lipinski definition) is 3. The van der Waals surface area contributed by atoms with Gasteiger partial charge in [0.2, 0.25) is 0 Å². The molecule has 0 aliphatic carbocycles. The molecule has 0 bridgehead atoms. The van der Waals surface area contributed by atoms with Gasteiger partial charge in [-0.2, -0.15) is 0 Å². The molecule has 1 aliphatic heterocycles. The van der Waals surface area contributed by atoms with Crippen LogP contribution in [-0.2, 0) is 0 Å².